The van der Waals surface area contributed by atoms with Gasteiger partial charge in [-0.25, -0.2) is 0 Å². The van der Waals surface area contributed by atoms with E-state index in [9.17, 15) is 0 Å². The van der Waals surface area contributed by atoms with E-state index < -0.39 is 5.54 Å². The van der Waals surface area contributed by atoms with Gasteiger partial charge >= 0.3 is 0 Å². The predicted molar refractivity (Wildman–Crippen MR) is 117 cm³/mol. The van der Waals surface area contributed by atoms with Crippen LogP contribution in [0.2, 0.25) is 5.02 Å². The Balaban J connectivity index is 0.00000240. The average molecular weight is 434 g/mol. The highest BCUT2D eigenvalue weighted by Crippen LogP contribution is 2.34. The fourth-order valence-electron chi connectivity index (χ4n) is 3.78. The zero-order valence-electron chi connectivity index (χ0n) is 16.6. The van der Waals surface area contributed by atoms with E-state index in [1.807, 2.05) is 54.9 Å². The van der Waals surface area contributed by atoms with Crippen LogP contribution in [0.1, 0.15) is 59.9 Å². The Morgan fingerprint density at radius 2 is 1.93 bits per heavy atom. The van der Waals surface area contributed by atoms with Gasteiger partial charge in [-0.3, -0.25) is 4.68 Å². The molecule has 0 unspecified atom stereocenters. The van der Waals surface area contributed by atoms with Crippen molar-refractivity contribution < 1.29 is 4.52 Å². The Bertz CT molecular complexity index is 1020. The van der Waals surface area contributed by atoms with Gasteiger partial charge in [0.25, 0.3) is 5.89 Å². The lowest BCUT2D eigenvalue weighted by Crippen LogP contribution is -2.34. The highest BCUT2D eigenvalue weighted by atomic mass is 35.5. The summed E-state index contributed by atoms with van der Waals surface area (Å²) in [6, 6.07) is 7.82. The van der Waals surface area contributed by atoms with Gasteiger partial charge in [0.15, 0.2) is 5.82 Å². The summed E-state index contributed by atoms with van der Waals surface area (Å²) < 4.78 is 7.35. The van der Waals surface area contributed by atoms with E-state index in [-0.39, 0.29) is 12.4 Å². The first-order valence-corrected chi connectivity index (χ1v) is 9.93. The lowest BCUT2D eigenvalue weighted by Gasteiger charge is -2.17. The summed E-state index contributed by atoms with van der Waals surface area (Å²) in [5, 5.41) is 9.50. The van der Waals surface area contributed by atoms with Gasteiger partial charge in [0, 0.05) is 22.4 Å². The number of nitrogens with zero attached hydrogens (tertiary/aromatic N) is 4. The Morgan fingerprint density at radius 3 is 2.66 bits per heavy atom. The first-order valence-electron chi connectivity index (χ1n) is 9.55. The van der Waals surface area contributed by atoms with Crippen molar-refractivity contribution in [3.8, 4) is 0 Å². The SMILES string of the molecule is Cc1nn(Cc2ccccc2Cl)c(C)c1/C=C/c1nc(C2(N)CCCC2)no1.Cl. The number of benzene rings is 1. The van der Waals surface area contributed by atoms with Crippen LogP contribution in [0.3, 0.4) is 0 Å². The molecule has 2 aromatic heterocycles. The summed E-state index contributed by atoms with van der Waals surface area (Å²) in [6.45, 7) is 4.66. The van der Waals surface area contributed by atoms with Crippen LogP contribution in [0.4, 0.5) is 0 Å². The minimum atomic E-state index is -0.443. The molecule has 0 aliphatic heterocycles. The van der Waals surface area contributed by atoms with E-state index in [0.717, 1.165) is 53.2 Å². The molecule has 4 rings (SSSR count). The monoisotopic (exact) mass is 433 g/mol. The summed E-state index contributed by atoms with van der Waals surface area (Å²) >= 11 is 6.29. The zero-order chi connectivity index (χ0) is 19.7. The summed E-state index contributed by atoms with van der Waals surface area (Å²) in [5.41, 5.74) is 10.0. The van der Waals surface area contributed by atoms with Crippen molar-refractivity contribution in [2.45, 2.75) is 51.6 Å². The molecule has 1 aliphatic rings. The van der Waals surface area contributed by atoms with E-state index in [4.69, 9.17) is 21.9 Å². The summed E-state index contributed by atoms with van der Waals surface area (Å²) in [4.78, 5) is 4.49. The number of halogens is 2. The fourth-order valence-corrected chi connectivity index (χ4v) is 3.98. The minimum absolute atomic E-state index is 0. The first-order chi connectivity index (χ1) is 13.5. The second kappa shape index (κ2) is 8.69. The fraction of sp³-hybridized carbons (Fsp3) is 0.381. The third kappa shape index (κ3) is 4.39. The van der Waals surface area contributed by atoms with Crippen molar-refractivity contribution in [2.24, 2.45) is 5.73 Å². The smallest absolute Gasteiger partial charge is 0.250 e. The minimum Gasteiger partial charge on any atom is -0.335 e. The average Bonchev–Trinajstić information content (AvgIpc) is 3.38. The topological polar surface area (TPSA) is 82.8 Å². The molecule has 2 N–H and O–H groups in total. The highest BCUT2D eigenvalue weighted by Gasteiger charge is 2.35. The van der Waals surface area contributed by atoms with Crippen LogP contribution in [-0.2, 0) is 12.1 Å². The van der Waals surface area contributed by atoms with Crippen molar-refractivity contribution in [3.05, 3.63) is 63.5 Å². The molecule has 1 aromatic carbocycles. The normalized spacial score (nSPS) is 15.7. The highest BCUT2D eigenvalue weighted by molar-refractivity contribution is 6.31. The first kappa shape index (κ1) is 21.6. The number of hydrogen-bond acceptors (Lipinski definition) is 5. The van der Waals surface area contributed by atoms with Crippen LogP contribution in [0.15, 0.2) is 28.8 Å². The summed E-state index contributed by atoms with van der Waals surface area (Å²) in [6.07, 6.45) is 7.82. The Labute approximate surface area is 181 Å². The van der Waals surface area contributed by atoms with E-state index >= 15 is 0 Å². The number of hydrogen-bond donors (Lipinski definition) is 1. The lowest BCUT2D eigenvalue weighted by atomic mass is 9.99. The third-order valence-electron chi connectivity index (χ3n) is 5.49. The van der Waals surface area contributed by atoms with Crippen molar-refractivity contribution in [3.63, 3.8) is 0 Å². The summed E-state index contributed by atoms with van der Waals surface area (Å²) in [5.74, 6) is 1.07. The van der Waals surface area contributed by atoms with Crippen LogP contribution in [0, 0.1) is 13.8 Å². The van der Waals surface area contributed by atoms with E-state index in [1.54, 1.807) is 0 Å². The maximum atomic E-state index is 6.40. The number of aryl methyl sites for hydroxylation is 1. The van der Waals surface area contributed by atoms with Crippen LogP contribution in [0.25, 0.3) is 12.2 Å². The molecule has 0 spiro atoms. The van der Waals surface area contributed by atoms with Crippen LogP contribution in [-0.4, -0.2) is 19.9 Å². The quantitative estimate of drug-likeness (QED) is 0.617. The molecule has 0 bridgehead atoms. The van der Waals surface area contributed by atoms with E-state index in [2.05, 4.69) is 15.2 Å². The number of aromatic nitrogens is 4. The van der Waals surface area contributed by atoms with Crippen molar-refractivity contribution >= 4 is 36.2 Å². The molecular weight excluding hydrogens is 409 g/mol. The molecule has 0 saturated heterocycles. The molecule has 1 aliphatic carbocycles. The zero-order valence-corrected chi connectivity index (χ0v) is 18.1. The molecule has 29 heavy (non-hydrogen) atoms. The number of nitrogens with two attached hydrogens (primary N) is 1. The maximum absolute atomic E-state index is 6.40. The van der Waals surface area contributed by atoms with Gasteiger partial charge in [0.05, 0.1) is 17.8 Å². The van der Waals surface area contributed by atoms with Gasteiger partial charge in [-0.1, -0.05) is 47.8 Å². The molecule has 0 radical (unpaired) electrons. The van der Waals surface area contributed by atoms with Crippen LogP contribution < -0.4 is 5.73 Å². The van der Waals surface area contributed by atoms with Gasteiger partial charge in [-0.2, -0.15) is 10.1 Å². The van der Waals surface area contributed by atoms with Gasteiger partial charge in [0.1, 0.15) is 0 Å². The second-order valence-electron chi connectivity index (χ2n) is 7.49. The van der Waals surface area contributed by atoms with Gasteiger partial charge in [0.2, 0.25) is 0 Å². The summed E-state index contributed by atoms with van der Waals surface area (Å²) in [7, 11) is 0. The molecule has 0 amide bonds. The molecule has 8 heteroatoms. The van der Waals surface area contributed by atoms with Crippen LogP contribution in [0.5, 0.6) is 0 Å². The molecule has 1 fully saturated rings. The number of rotatable bonds is 5. The largest absolute Gasteiger partial charge is 0.335 e. The molecule has 0 atom stereocenters. The van der Waals surface area contributed by atoms with Gasteiger partial charge in [-0.05, 0) is 44.4 Å². The molecule has 2 heterocycles. The molecule has 1 saturated carbocycles. The molecule has 6 nitrogen and oxygen atoms in total. The van der Waals surface area contributed by atoms with E-state index in [0.29, 0.717) is 18.3 Å². The van der Waals surface area contributed by atoms with Crippen molar-refractivity contribution in [1.82, 2.24) is 19.9 Å². The van der Waals surface area contributed by atoms with Crippen molar-refractivity contribution in [1.29, 1.82) is 0 Å². The Kier molecular flexibility index (Phi) is 6.46. The van der Waals surface area contributed by atoms with Crippen molar-refractivity contribution in [2.75, 3.05) is 0 Å². The van der Waals surface area contributed by atoms with Crippen LogP contribution >= 0.6 is 24.0 Å². The Hall–Kier alpha value is -2.15. The Morgan fingerprint density at radius 1 is 1.21 bits per heavy atom. The molecule has 154 valence electrons. The standard InChI is InChI=1S/C21H24ClN5O.ClH/c1-14-17(15(2)27(25-14)13-16-7-3-4-8-18(16)22)9-10-19-24-20(26-28-19)21(23)11-5-6-12-21;/h3-4,7-10H,5-6,11-13,23H2,1-2H3;1H/b10-9+;. The van der Waals surface area contributed by atoms with E-state index in [1.165, 1.54) is 0 Å². The maximum Gasteiger partial charge on any atom is 0.250 e. The third-order valence-corrected chi connectivity index (χ3v) is 5.86. The van der Waals surface area contributed by atoms with Gasteiger partial charge in [-0.15, -0.1) is 12.4 Å². The molecular formula is C21H25Cl2N5O. The lowest BCUT2D eigenvalue weighted by molar-refractivity contribution is 0.364. The second-order valence-corrected chi connectivity index (χ2v) is 7.89. The molecule has 3 aromatic rings. The van der Waals surface area contributed by atoms with Gasteiger partial charge < -0.3 is 10.3 Å². The predicted octanol–water partition coefficient (Wildman–Crippen LogP) is 4.90.